The van der Waals surface area contributed by atoms with Crippen molar-refractivity contribution >= 4 is 38.6 Å². The molecule has 4 rings (SSSR count). The van der Waals surface area contributed by atoms with E-state index in [0.717, 1.165) is 18.4 Å². The highest BCUT2D eigenvalue weighted by atomic mass is 32.1. The summed E-state index contributed by atoms with van der Waals surface area (Å²) in [4.78, 5) is 48.0. The van der Waals surface area contributed by atoms with Crippen molar-refractivity contribution in [2.45, 2.75) is 25.9 Å². The van der Waals surface area contributed by atoms with Crippen molar-refractivity contribution < 1.29 is 14.3 Å². The number of rotatable bonds is 7. The summed E-state index contributed by atoms with van der Waals surface area (Å²) in [6, 6.07) is 7.42. The number of hydrogen-bond acceptors (Lipinski definition) is 8. The molecule has 0 saturated carbocycles. The lowest BCUT2D eigenvalue weighted by Gasteiger charge is -2.30. The average Bonchev–Trinajstić information content (AvgIpc) is 3.29. The van der Waals surface area contributed by atoms with Crippen LogP contribution < -0.4 is 25.8 Å². The first kappa shape index (κ1) is 22.7. The van der Waals surface area contributed by atoms with E-state index in [1.807, 2.05) is 24.3 Å². The highest BCUT2D eigenvalue weighted by Gasteiger charge is 2.26. The Balaban J connectivity index is 1.41. The molecule has 0 spiro atoms. The minimum atomic E-state index is -0.291. The smallest absolute Gasteiger partial charge is 0.273 e. The van der Waals surface area contributed by atoms with Crippen LogP contribution in [0.25, 0.3) is 10.3 Å². The minimum Gasteiger partial charge on any atom is -0.497 e. The first-order chi connectivity index (χ1) is 16.0. The van der Waals surface area contributed by atoms with Crippen LogP contribution in [0.2, 0.25) is 0 Å². The van der Waals surface area contributed by atoms with Crippen LogP contribution in [0.15, 0.2) is 35.4 Å². The average molecular weight is 471 g/mol. The number of hydrogen-bond donors (Lipinski definition) is 2. The van der Waals surface area contributed by atoms with E-state index >= 15 is 0 Å². The molecule has 11 heteroatoms. The quantitative estimate of drug-likeness (QED) is 0.532. The van der Waals surface area contributed by atoms with Crippen molar-refractivity contribution in [3.05, 3.63) is 46.5 Å². The van der Waals surface area contributed by atoms with Gasteiger partial charge in [0.15, 0.2) is 10.8 Å². The molecule has 1 saturated heterocycles. The predicted octanol–water partition coefficient (Wildman–Crippen LogP) is 1.14. The van der Waals surface area contributed by atoms with E-state index in [2.05, 4.69) is 25.5 Å². The number of nitrogens with one attached hydrogen (secondary N) is 2. The van der Waals surface area contributed by atoms with E-state index < -0.39 is 0 Å². The monoisotopic (exact) mass is 470 g/mol. The highest BCUT2D eigenvalue weighted by molar-refractivity contribution is 7.22. The fraction of sp³-hybridized carbons (Fsp3) is 0.409. The number of aromatic nitrogens is 3. The van der Waals surface area contributed by atoms with Crippen LogP contribution in [0.1, 0.15) is 18.4 Å². The largest absolute Gasteiger partial charge is 0.497 e. The standard InChI is InChI=1S/C22H26N6O4S/c1-23-20(30)15-6-8-27(9-7-15)22-26-19-18(33-22)21(31)28(13-25-19)12-17(29)24-11-14-4-3-5-16(10-14)32-2/h3-5,10,13,15H,6-9,11-12H2,1-2H3,(H,23,30)(H,24,29). The van der Waals surface area contributed by atoms with Crippen molar-refractivity contribution in [2.75, 3.05) is 32.1 Å². The Bertz CT molecular complexity index is 1220. The molecule has 0 aliphatic carbocycles. The molecule has 1 fully saturated rings. The number of fused-ring (bicyclic) bond motifs is 1. The molecule has 174 valence electrons. The molecule has 0 radical (unpaired) electrons. The third-order valence-corrected chi connectivity index (χ3v) is 6.79. The Labute approximate surface area is 194 Å². The number of amides is 2. The fourth-order valence-corrected chi connectivity index (χ4v) is 4.83. The van der Waals surface area contributed by atoms with Gasteiger partial charge in [0.1, 0.15) is 23.3 Å². The van der Waals surface area contributed by atoms with Crippen molar-refractivity contribution in [2.24, 2.45) is 5.92 Å². The van der Waals surface area contributed by atoms with Crippen LogP contribution in [-0.4, -0.2) is 53.6 Å². The molecule has 0 bridgehead atoms. The van der Waals surface area contributed by atoms with Gasteiger partial charge in [0.25, 0.3) is 5.56 Å². The minimum absolute atomic E-state index is 0.00599. The lowest BCUT2D eigenvalue weighted by atomic mass is 9.96. The van der Waals surface area contributed by atoms with Gasteiger partial charge in [-0.25, -0.2) is 4.98 Å². The molecule has 3 heterocycles. The lowest BCUT2D eigenvalue weighted by Crippen LogP contribution is -2.39. The summed E-state index contributed by atoms with van der Waals surface area (Å²) in [5, 5.41) is 6.23. The molecule has 2 aromatic heterocycles. The Hall–Kier alpha value is -3.47. The van der Waals surface area contributed by atoms with E-state index in [4.69, 9.17) is 4.74 Å². The van der Waals surface area contributed by atoms with E-state index in [9.17, 15) is 14.4 Å². The zero-order chi connectivity index (χ0) is 23.4. The maximum absolute atomic E-state index is 12.9. The molecule has 1 aromatic carbocycles. The van der Waals surface area contributed by atoms with Crippen LogP contribution in [0.4, 0.5) is 5.13 Å². The van der Waals surface area contributed by atoms with Crippen molar-refractivity contribution in [3.8, 4) is 5.75 Å². The molecular weight excluding hydrogens is 444 g/mol. The second-order valence-electron chi connectivity index (χ2n) is 7.83. The molecule has 1 aliphatic heterocycles. The van der Waals surface area contributed by atoms with Crippen molar-refractivity contribution in [1.29, 1.82) is 0 Å². The molecule has 3 aromatic rings. The van der Waals surface area contributed by atoms with E-state index in [0.29, 0.717) is 40.9 Å². The van der Waals surface area contributed by atoms with Gasteiger partial charge >= 0.3 is 0 Å². The fourth-order valence-electron chi connectivity index (χ4n) is 3.81. The molecule has 33 heavy (non-hydrogen) atoms. The van der Waals surface area contributed by atoms with Crippen molar-refractivity contribution in [3.63, 3.8) is 0 Å². The number of piperidine rings is 1. The number of carbonyl (C=O) groups excluding carboxylic acids is 2. The van der Waals surface area contributed by atoms with Crippen LogP contribution >= 0.6 is 11.3 Å². The summed E-state index contributed by atoms with van der Waals surface area (Å²) in [7, 11) is 3.24. The van der Waals surface area contributed by atoms with Crippen LogP contribution in [0, 0.1) is 5.92 Å². The third kappa shape index (κ3) is 5.14. The first-order valence-electron chi connectivity index (χ1n) is 10.7. The summed E-state index contributed by atoms with van der Waals surface area (Å²) in [5.74, 6) is 0.494. The van der Waals surface area contributed by atoms with E-state index in [1.165, 1.54) is 22.2 Å². The Morgan fingerprint density at radius 1 is 1.27 bits per heavy atom. The number of ether oxygens (including phenoxy) is 1. The van der Waals surface area contributed by atoms with Crippen LogP contribution in [-0.2, 0) is 22.7 Å². The molecule has 2 N–H and O–H groups in total. The zero-order valence-corrected chi connectivity index (χ0v) is 19.4. The van der Waals surface area contributed by atoms with Gasteiger partial charge in [-0.3, -0.25) is 19.0 Å². The van der Waals surface area contributed by atoms with Gasteiger partial charge < -0.3 is 20.3 Å². The Kier molecular flexibility index (Phi) is 6.87. The SMILES string of the molecule is CNC(=O)C1CCN(c2nc3ncn(CC(=O)NCc4cccc(OC)c4)c(=O)c3s2)CC1. The van der Waals surface area contributed by atoms with Gasteiger partial charge in [0.05, 0.1) is 7.11 Å². The number of nitrogens with zero attached hydrogens (tertiary/aromatic N) is 4. The summed E-state index contributed by atoms with van der Waals surface area (Å²) >= 11 is 1.27. The van der Waals surface area contributed by atoms with Gasteiger partial charge in [-0.15, -0.1) is 0 Å². The maximum atomic E-state index is 12.9. The molecule has 2 amide bonds. The second-order valence-corrected chi connectivity index (χ2v) is 8.81. The number of anilines is 1. The van der Waals surface area contributed by atoms with Gasteiger partial charge in [-0.2, -0.15) is 4.98 Å². The number of thiazole rings is 1. The predicted molar refractivity (Wildman–Crippen MR) is 126 cm³/mol. The first-order valence-corrected chi connectivity index (χ1v) is 11.5. The third-order valence-electron chi connectivity index (χ3n) is 5.69. The molecule has 0 atom stereocenters. The topological polar surface area (TPSA) is 118 Å². The maximum Gasteiger partial charge on any atom is 0.273 e. The van der Waals surface area contributed by atoms with Gasteiger partial charge in [0.2, 0.25) is 11.8 Å². The van der Waals surface area contributed by atoms with Gasteiger partial charge in [-0.1, -0.05) is 23.5 Å². The number of methoxy groups -OCH3 is 1. The Morgan fingerprint density at radius 3 is 2.79 bits per heavy atom. The number of benzene rings is 1. The summed E-state index contributed by atoms with van der Waals surface area (Å²) in [5.41, 5.74) is 0.984. The summed E-state index contributed by atoms with van der Waals surface area (Å²) in [6.07, 6.45) is 2.83. The summed E-state index contributed by atoms with van der Waals surface area (Å²) in [6.45, 7) is 1.59. The van der Waals surface area contributed by atoms with Gasteiger partial charge in [0, 0.05) is 32.6 Å². The normalized spacial score (nSPS) is 14.3. The van der Waals surface area contributed by atoms with E-state index in [1.54, 1.807) is 14.2 Å². The molecule has 1 aliphatic rings. The van der Waals surface area contributed by atoms with E-state index in [-0.39, 0.29) is 29.8 Å². The van der Waals surface area contributed by atoms with Gasteiger partial charge in [-0.05, 0) is 30.5 Å². The van der Waals surface area contributed by atoms with Crippen LogP contribution in [0.5, 0.6) is 5.75 Å². The van der Waals surface area contributed by atoms with Crippen molar-refractivity contribution in [1.82, 2.24) is 25.2 Å². The summed E-state index contributed by atoms with van der Waals surface area (Å²) < 4.78 is 6.90. The Morgan fingerprint density at radius 2 is 2.06 bits per heavy atom. The molecule has 10 nitrogen and oxygen atoms in total. The molecule has 0 unspecified atom stereocenters. The zero-order valence-electron chi connectivity index (χ0n) is 18.5. The highest BCUT2D eigenvalue weighted by Crippen LogP contribution is 2.29. The van der Waals surface area contributed by atoms with Crippen LogP contribution in [0.3, 0.4) is 0 Å². The lowest BCUT2D eigenvalue weighted by molar-refractivity contribution is -0.125. The second kappa shape index (κ2) is 9.99. The molecular formula is C22H26N6O4S. The number of carbonyl (C=O) groups is 2.